The van der Waals surface area contributed by atoms with Crippen LogP contribution in [0.1, 0.15) is 19.4 Å². The van der Waals surface area contributed by atoms with Gasteiger partial charge in [0.2, 0.25) is 0 Å². The second kappa shape index (κ2) is 6.38. The maximum atomic E-state index is 10.8. The number of benzene rings is 1. The summed E-state index contributed by atoms with van der Waals surface area (Å²) in [5.74, 6) is 6.65. The molecule has 0 bridgehead atoms. The molecule has 0 atom stereocenters. The number of nitrogens with zero attached hydrogens (tertiary/aromatic N) is 2. The Labute approximate surface area is 149 Å². The summed E-state index contributed by atoms with van der Waals surface area (Å²) in [5, 5.41) is 18.8. The Morgan fingerprint density at radius 1 is 1.31 bits per heavy atom. The zero-order valence-corrected chi connectivity index (χ0v) is 14.3. The molecule has 3 rings (SSSR count). The topological polar surface area (TPSA) is 143 Å². The van der Waals surface area contributed by atoms with E-state index in [0.717, 1.165) is 22.0 Å². The van der Waals surface area contributed by atoms with Gasteiger partial charge in [0.05, 0.1) is 16.6 Å². The van der Waals surface area contributed by atoms with E-state index in [-0.39, 0.29) is 5.82 Å². The summed E-state index contributed by atoms with van der Waals surface area (Å²) in [5.41, 5.74) is 14.2. The van der Waals surface area contributed by atoms with E-state index < -0.39 is 11.6 Å². The van der Waals surface area contributed by atoms with Gasteiger partial charge in [0.1, 0.15) is 5.82 Å². The van der Waals surface area contributed by atoms with E-state index in [1.165, 1.54) is 6.20 Å². The van der Waals surface area contributed by atoms with Gasteiger partial charge in [-0.15, -0.1) is 0 Å². The van der Waals surface area contributed by atoms with E-state index >= 15 is 0 Å². The van der Waals surface area contributed by atoms with Crippen molar-refractivity contribution in [2.45, 2.75) is 19.4 Å². The highest BCUT2D eigenvalue weighted by Gasteiger charge is 2.12. The molecule has 2 aromatic heterocycles. The molecular formula is C18H18N6O2. The fourth-order valence-corrected chi connectivity index (χ4v) is 2.42. The maximum Gasteiger partial charge on any atom is 0.410 e. The van der Waals surface area contributed by atoms with Crippen LogP contribution in [0.5, 0.6) is 0 Å². The van der Waals surface area contributed by atoms with Crippen LogP contribution in [0.15, 0.2) is 30.5 Å². The number of nitrogens with two attached hydrogens (primary N) is 2. The average molecular weight is 350 g/mol. The van der Waals surface area contributed by atoms with Crippen molar-refractivity contribution in [3.05, 3.63) is 36.0 Å². The second-order valence-corrected chi connectivity index (χ2v) is 6.39. The van der Waals surface area contributed by atoms with Crippen molar-refractivity contribution in [1.82, 2.24) is 15.2 Å². The molecule has 132 valence electrons. The molecule has 0 radical (unpaired) electrons. The molecule has 7 N–H and O–H groups in total. The van der Waals surface area contributed by atoms with Crippen LogP contribution in [-0.2, 0) is 0 Å². The van der Waals surface area contributed by atoms with Crippen molar-refractivity contribution in [2.75, 3.05) is 11.1 Å². The fourth-order valence-electron chi connectivity index (χ4n) is 2.42. The van der Waals surface area contributed by atoms with E-state index in [2.05, 4.69) is 32.3 Å². The van der Waals surface area contributed by atoms with E-state index in [1.54, 1.807) is 12.1 Å². The number of H-pyrrole nitrogens is 1. The summed E-state index contributed by atoms with van der Waals surface area (Å²) in [6, 6.07) is 7.15. The lowest BCUT2D eigenvalue weighted by molar-refractivity contribution is 0.209. The van der Waals surface area contributed by atoms with Crippen molar-refractivity contribution in [3.8, 4) is 23.0 Å². The molecule has 2 heterocycles. The number of nitrogens with one attached hydrogen (secondary N) is 2. The Morgan fingerprint density at radius 2 is 2.08 bits per heavy atom. The smallest absolute Gasteiger partial charge is 0.410 e. The van der Waals surface area contributed by atoms with E-state index in [0.29, 0.717) is 11.4 Å². The molecule has 0 unspecified atom stereocenters. The lowest BCUT2D eigenvalue weighted by Gasteiger charge is -2.09. The fraction of sp³-hybridized carbons (Fsp3) is 0.167. The van der Waals surface area contributed by atoms with Gasteiger partial charge in [0.25, 0.3) is 0 Å². The third-order valence-electron chi connectivity index (χ3n) is 3.55. The average Bonchev–Trinajstić information content (AvgIpc) is 2.93. The summed E-state index contributed by atoms with van der Waals surface area (Å²) in [6.07, 6.45) is 0.346. The minimum Gasteiger partial charge on any atom is -0.465 e. The quantitative estimate of drug-likeness (QED) is 0.449. The van der Waals surface area contributed by atoms with Gasteiger partial charge < -0.3 is 16.6 Å². The summed E-state index contributed by atoms with van der Waals surface area (Å²) in [7, 11) is 0. The molecule has 1 amide bonds. The van der Waals surface area contributed by atoms with Crippen LogP contribution in [0, 0.1) is 11.8 Å². The van der Waals surface area contributed by atoms with Crippen molar-refractivity contribution in [3.63, 3.8) is 0 Å². The molecular weight excluding hydrogens is 332 g/mol. The number of carboxylic acid groups (broad SMARTS) is 1. The number of rotatable bonds is 2. The van der Waals surface area contributed by atoms with Crippen LogP contribution in [0.4, 0.5) is 16.4 Å². The third kappa shape index (κ3) is 3.74. The van der Waals surface area contributed by atoms with Crippen LogP contribution in [0.25, 0.3) is 22.0 Å². The van der Waals surface area contributed by atoms with Gasteiger partial charge in [-0.05, 0) is 49.2 Å². The predicted octanol–water partition coefficient (Wildman–Crippen LogP) is 2.39. The monoisotopic (exact) mass is 350 g/mol. The predicted molar refractivity (Wildman–Crippen MR) is 101 cm³/mol. The van der Waals surface area contributed by atoms with Gasteiger partial charge in [-0.2, -0.15) is 5.10 Å². The molecule has 0 aliphatic rings. The Balaban J connectivity index is 2.16. The van der Waals surface area contributed by atoms with Gasteiger partial charge in [-0.3, -0.25) is 10.4 Å². The highest BCUT2D eigenvalue weighted by atomic mass is 16.4. The second-order valence-electron chi connectivity index (χ2n) is 6.39. The van der Waals surface area contributed by atoms with Gasteiger partial charge in [0, 0.05) is 11.6 Å². The number of carbonyl (C=O) groups is 1. The molecule has 3 aromatic rings. The Hall–Kier alpha value is -3.57. The van der Waals surface area contributed by atoms with Crippen LogP contribution >= 0.6 is 0 Å². The van der Waals surface area contributed by atoms with Crippen molar-refractivity contribution < 1.29 is 9.90 Å². The summed E-state index contributed by atoms with van der Waals surface area (Å²) < 4.78 is 0. The number of hydrogen-bond acceptors (Lipinski definition) is 5. The molecule has 0 fully saturated rings. The highest BCUT2D eigenvalue weighted by Crippen LogP contribution is 2.30. The van der Waals surface area contributed by atoms with Crippen LogP contribution < -0.4 is 16.8 Å². The number of aromatic amines is 1. The lowest BCUT2D eigenvalue weighted by atomic mass is 10.00. The first-order chi connectivity index (χ1) is 12.2. The Bertz CT molecular complexity index is 1050. The van der Waals surface area contributed by atoms with E-state index in [9.17, 15) is 4.79 Å². The maximum absolute atomic E-state index is 10.8. The normalized spacial score (nSPS) is 11.0. The SMILES string of the molecule is CC(C)(N)C#Cc1cc(-c2ccnc(NC(=O)O)c2)cc2c(N)n[nH]c12. The molecule has 8 nitrogen and oxygen atoms in total. The van der Waals surface area contributed by atoms with Gasteiger partial charge in [0.15, 0.2) is 5.82 Å². The van der Waals surface area contributed by atoms with Gasteiger partial charge in [-0.25, -0.2) is 9.78 Å². The molecule has 0 aliphatic carbocycles. The first-order valence-corrected chi connectivity index (χ1v) is 7.79. The van der Waals surface area contributed by atoms with Crippen LogP contribution in [-0.4, -0.2) is 31.9 Å². The molecule has 8 heteroatoms. The number of aromatic nitrogens is 3. The summed E-state index contributed by atoms with van der Waals surface area (Å²) in [4.78, 5) is 14.8. The zero-order valence-electron chi connectivity index (χ0n) is 14.3. The number of pyridine rings is 1. The van der Waals surface area contributed by atoms with Gasteiger partial charge in [-0.1, -0.05) is 11.8 Å². The van der Waals surface area contributed by atoms with Crippen LogP contribution in [0.3, 0.4) is 0 Å². The van der Waals surface area contributed by atoms with E-state index in [4.69, 9.17) is 16.6 Å². The number of anilines is 2. The van der Waals surface area contributed by atoms with Crippen molar-refractivity contribution >= 4 is 28.6 Å². The molecule has 26 heavy (non-hydrogen) atoms. The summed E-state index contributed by atoms with van der Waals surface area (Å²) >= 11 is 0. The van der Waals surface area contributed by atoms with E-state index in [1.807, 2.05) is 26.0 Å². The summed E-state index contributed by atoms with van der Waals surface area (Å²) in [6.45, 7) is 3.63. The first kappa shape index (κ1) is 17.3. The van der Waals surface area contributed by atoms with Crippen molar-refractivity contribution in [2.24, 2.45) is 5.73 Å². The third-order valence-corrected chi connectivity index (χ3v) is 3.55. The zero-order chi connectivity index (χ0) is 18.9. The molecule has 0 spiro atoms. The standard InChI is InChI=1S/C18H18N6O2/c1-18(2,20)5-3-11-7-12(8-13-15(11)23-24-16(13)19)10-4-6-21-14(9-10)22-17(25)26/h4,6-9H,20H2,1-2H3,(H,21,22)(H,25,26)(H3,19,23,24). The Morgan fingerprint density at radius 3 is 2.77 bits per heavy atom. The number of amides is 1. The first-order valence-electron chi connectivity index (χ1n) is 7.79. The number of fused-ring (bicyclic) bond motifs is 1. The minimum absolute atomic E-state index is 0.228. The number of nitrogen functional groups attached to an aromatic ring is 1. The highest BCUT2D eigenvalue weighted by molar-refractivity contribution is 5.96. The largest absolute Gasteiger partial charge is 0.465 e. The minimum atomic E-state index is -1.18. The van der Waals surface area contributed by atoms with Crippen LogP contribution in [0.2, 0.25) is 0 Å². The lowest BCUT2D eigenvalue weighted by Crippen LogP contribution is -2.29. The molecule has 0 saturated carbocycles. The molecule has 0 aliphatic heterocycles. The van der Waals surface area contributed by atoms with Crippen molar-refractivity contribution in [1.29, 1.82) is 0 Å². The van der Waals surface area contributed by atoms with Gasteiger partial charge >= 0.3 is 6.09 Å². The number of hydrogen-bond donors (Lipinski definition) is 5. The molecule has 0 saturated heterocycles. The molecule has 1 aromatic carbocycles. The Kier molecular flexibility index (Phi) is 4.24.